The van der Waals surface area contributed by atoms with Crippen LogP contribution in [-0.2, 0) is 41.6 Å². The van der Waals surface area contributed by atoms with Gasteiger partial charge in [0.05, 0.1) is 19.6 Å². The van der Waals surface area contributed by atoms with Crippen LogP contribution < -0.4 is 0 Å². The number of nitrogens with zero attached hydrogens (tertiary/aromatic N) is 1. The van der Waals surface area contributed by atoms with Crippen molar-refractivity contribution in [1.82, 2.24) is 4.90 Å². The van der Waals surface area contributed by atoms with Crippen molar-refractivity contribution in [3.05, 3.63) is 35.4 Å². The molecule has 0 atom stereocenters. The van der Waals surface area contributed by atoms with Gasteiger partial charge >= 0.3 is 5.97 Å². The molecular weight excluding hydrogens is 386 g/mol. The van der Waals surface area contributed by atoms with Crippen LogP contribution >= 0.6 is 0 Å². The molecule has 7 heteroatoms. The number of carbonyl (C=O) groups excluding carboxylic acids is 4. The van der Waals surface area contributed by atoms with Crippen molar-refractivity contribution in [2.75, 3.05) is 26.9 Å². The van der Waals surface area contributed by atoms with Gasteiger partial charge in [-0.15, -0.1) is 0 Å². The largest absolute Gasteiger partial charge is 0.466 e. The first-order valence-corrected chi connectivity index (χ1v) is 10.2. The highest BCUT2D eigenvalue weighted by atomic mass is 16.5. The van der Waals surface area contributed by atoms with Crippen LogP contribution in [0.3, 0.4) is 0 Å². The molecule has 166 valence electrons. The van der Waals surface area contributed by atoms with Gasteiger partial charge in [-0.1, -0.05) is 38.1 Å². The summed E-state index contributed by atoms with van der Waals surface area (Å²) in [6, 6.07) is 7.41. The number of ketones is 2. The molecule has 0 radical (unpaired) electrons. The van der Waals surface area contributed by atoms with Gasteiger partial charge in [0.2, 0.25) is 5.91 Å². The highest BCUT2D eigenvalue weighted by Gasteiger charge is 2.11. The molecule has 0 aliphatic carbocycles. The van der Waals surface area contributed by atoms with E-state index < -0.39 is 0 Å². The van der Waals surface area contributed by atoms with Gasteiger partial charge in [-0.25, -0.2) is 0 Å². The zero-order valence-electron chi connectivity index (χ0n) is 18.4. The lowest BCUT2D eigenvalue weighted by molar-refractivity contribution is -0.145. The van der Waals surface area contributed by atoms with E-state index in [1.54, 1.807) is 11.9 Å². The fraction of sp³-hybridized carbons (Fsp3) is 0.565. The molecule has 1 aromatic carbocycles. The summed E-state index contributed by atoms with van der Waals surface area (Å²) in [6.07, 6.45) is 1.14. The molecule has 0 aliphatic heterocycles. The first-order chi connectivity index (χ1) is 14.2. The SMILES string of the molecule is CC(=O)CC(=O)Cc1ccc(CN(C)C(=O)COCCCOC(=O)CC(C)C)cc1. The third-order valence-electron chi connectivity index (χ3n) is 4.21. The summed E-state index contributed by atoms with van der Waals surface area (Å²) >= 11 is 0. The van der Waals surface area contributed by atoms with Crippen molar-refractivity contribution < 1.29 is 28.7 Å². The second-order valence-electron chi connectivity index (χ2n) is 7.89. The van der Waals surface area contributed by atoms with Gasteiger partial charge in [-0.05, 0) is 24.0 Å². The van der Waals surface area contributed by atoms with Crippen LogP contribution in [-0.4, -0.2) is 55.2 Å². The minimum Gasteiger partial charge on any atom is -0.466 e. The van der Waals surface area contributed by atoms with E-state index in [0.717, 1.165) is 11.1 Å². The third kappa shape index (κ3) is 11.5. The average molecular weight is 420 g/mol. The lowest BCUT2D eigenvalue weighted by atomic mass is 10.0. The van der Waals surface area contributed by atoms with Gasteiger partial charge < -0.3 is 14.4 Å². The Morgan fingerprint density at radius 2 is 1.63 bits per heavy atom. The number of hydrogen-bond donors (Lipinski definition) is 0. The van der Waals surface area contributed by atoms with E-state index in [9.17, 15) is 19.2 Å². The maximum absolute atomic E-state index is 12.2. The number of benzene rings is 1. The number of likely N-dealkylation sites (N-methyl/N-ethyl adjacent to an activating group) is 1. The molecule has 1 rings (SSSR count). The van der Waals surface area contributed by atoms with Crippen molar-refractivity contribution in [2.24, 2.45) is 5.92 Å². The molecule has 0 bridgehead atoms. The van der Waals surface area contributed by atoms with Crippen molar-refractivity contribution >= 4 is 23.4 Å². The Kier molecular flexibility index (Phi) is 11.6. The van der Waals surface area contributed by atoms with Gasteiger partial charge in [0.1, 0.15) is 18.2 Å². The van der Waals surface area contributed by atoms with Crippen LogP contribution in [0.2, 0.25) is 0 Å². The zero-order valence-corrected chi connectivity index (χ0v) is 18.4. The number of hydrogen-bond acceptors (Lipinski definition) is 6. The quantitative estimate of drug-likeness (QED) is 0.262. The summed E-state index contributed by atoms with van der Waals surface area (Å²) in [5.74, 6) is -0.324. The van der Waals surface area contributed by atoms with Crippen LogP contribution in [0.4, 0.5) is 0 Å². The minimum atomic E-state index is -0.213. The smallest absolute Gasteiger partial charge is 0.306 e. The highest BCUT2D eigenvalue weighted by molar-refractivity contribution is 5.98. The fourth-order valence-corrected chi connectivity index (χ4v) is 2.70. The van der Waals surface area contributed by atoms with Crippen molar-refractivity contribution in [3.8, 4) is 0 Å². The summed E-state index contributed by atoms with van der Waals surface area (Å²) in [5.41, 5.74) is 1.78. The van der Waals surface area contributed by atoms with Gasteiger partial charge in [0, 0.05) is 32.9 Å². The summed E-state index contributed by atoms with van der Waals surface area (Å²) in [5, 5.41) is 0. The summed E-state index contributed by atoms with van der Waals surface area (Å²) < 4.78 is 10.5. The second kappa shape index (κ2) is 13.6. The monoisotopic (exact) mass is 419 g/mol. The van der Waals surface area contributed by atoms with E-state index in [1.165, 1.54) is 6.92 Å². The lowest BCUT2D eigenvalue weighted by Gasteiger charge is -2.17. The Morgan fingerprint density at radius 1 is 1.00 bits per heavy atom. The Hall–Kier alpha value is -2.54. The lowest BCUT2D eigenvalue weighted by Crippen LogP contribution is -2.30. The van der Waals surface area contributed by atoms with Crippen LogP contribution in [0.1, 0.15) is 51.2 Å². The molecule has 0 heterocycles. The third-order valence-corrected chi connectivity index (χ3v) is 4.21. The van der Waals surface area contributed by atoms with Crippen molar-refractivity contribution in [3.63, 3.8) is 0 Å². The summed E-state index contributed by atoms with van der Waals surface area (Å²) in [6.45, 7) is 6.34. The Balaban J connectivity index is 2.26. The van der Waals surface area contributed by atoms with Crippen LogP contribution in [0.15, 0.2) is 24.3 Å². The molecule has 1 amide bonds. The molecular formula is C23H33NO6. The highest BCUT2D eigenvalue weighted by Crippen LogP contribution is 2.09. The summed E-state index contributed by atoms with van der Waals surface area (Å²) in [7, 11) is 1.70. The Morgan fingerprint density at radius 3 is 2.23 bits per heavy atom. The molecule has 0 saturated heterocycles. The first-order valence-electron chi connectivity index (χ1n) is 10.2. The molecule has 0 unspecified atom stereocenters. The number of carbonyl (C=O) groups is 4. The van der Waals surface area contributed by atoms with Crippen LogP contribution in [0, 0.1) is 5.92 Å². The average Bonchev–Trinajstić information content (AvgIpc) is 2.64. The predicted molar refractivity (Wildman–Crippen MR) is 113 cm³/mol. The van der Waals surface area contributed by atoms with Gasteiger partial charge in [0.15, 0.2) is 0 Å². The predicted octanol–water partition coefficient (Wildman–Crippen LogP) is 2.73. The molecule has 1 aromatic rings. The molecule has 0 spiro atoms. The number of Topliss-reactive ketones (excluding diaryl/α,β-unsaturated/α-hetero) is 2. The van der Waals surface area contributed by atoms with E-state index in [4.69, 9.17) is 9.47 Å². The van der Waals surface area contributed by atoms with Crippen LogP contribution in [0.5, 0.6) is 0 Å². The molecule has 0 fully saturated rings. The van der Waals surface area contributed by atoms with E-state index in [0.29, 0.717) is 26.0 Å². The molecule has 0 aliphatic rings. The zero-order chi connectivity index (χ0) is 22.5. The minimum absolute atomic E-state index is 0.0337. The van der Waals surface area contributed by atoms with Gasteiger partial charge in [0.25, 0.3) is 0 Å². The van der Waals surface area contributed by atoms with Gasteiger partial charge in [-0.2, -0.15) is 0 Å². The molecule has 0 aromatic heterocycles. The first kappa shape index (κ1) is 25.5. The van der Waals surface area contributed by atoms with Crippen LogP contribution in [0.25, 0.3) is 0 Å². The van der Waals surface area contributed by atoms with Gasteiger partial charge in [-0.3, -0.25) is 19.2 Å². The van der Waals surface area contributed by atoms with E-state index in [-0.39, 0.29) is 55.4 Å². The molecule has 0 N–H and O–H groups in total. The topological polar surface area (TPSA) is 90.0 Å². The van der Waals surface area contributed by atoms with Crippen molar-refractivity contribution in [1.29, 1.82) is 0 Å². The molecule has 0 saturated carbocycles. The Bertz CT molecular complexity index is 711. The number of esters is 1. The summed E-state index contributed by atoms with van der Waals surface area (Å²) in [4.78, 5) is 47.8. The van der Waals surface area contributed by atoms with Crippen molar-refractivity contribution in [2.45, 2.75) is 53.0 Å². The number of amides is 1. The molecule has 7 nitrogen and oxygen atoms in total. The standard InChI is InChI=1S/C23H33NO6/c1-17(2)12-23(28)30-11-5-10-29-16-22(27)24(4)15-20-8-6-19(7-9-20)14-21(26)13-18(3)25/h6-9,17H,5,10-16H2,1-4H3. The number of rotatable bonds is 14. The van der Waals surface area contributed by atoms with E-state index in [2.05, 4.69) is 0 Å². The molecule has 30 heavy (non-hydrogen) atoms. The maximum Gasteiger partial charge on any atom is 0.306 e. The number of ether oxygens (including phenoxy) is 2. The normalized spacial score (nSPS) is 10.7. The van der Waals surface area contributed by atoms with E-state index in [1.807, 2.05) is 38.1 Å². The maximum atomic E-state index is 12.2. The Labute approximate surface area is 178 Å². The van der Waals surface area contributed by atoms with E-state index >= 15 is 0 Å². The fourth-order valence-electron chi connectivity index (χ4n) is 2.70. The second-order valence-corrected chi connectivity index (χ2v) is 7.89.